The number of rotatable bonds is 5. The van der Waals surface area contributed by atoms with Gasteiger partial charge in [-0.25, -0.2) is 25.9 Å². The first-order valence-electron chi connectivity index (χ1n) is 9.41. The molecular formula is C17H21FN4O5S3. The highest BCUT2D eigenvalue weighted by molar-refractivity contribution is 7.91. The summed E-state index contributed by atoms with van der Waals surface area (Å²) in [5.74, 6) is -0.613. The van der Waals surface area contributed by atoms with Gasteiger partial charge in [-0.15, -0.1) is 5.10 Å². The van der Waals surface area contributed by atoms with Crippen molar-refractivity contribution in [1.82, 2.24) is 19.0 Å². The van der Waals surface area contributed by atoms with Gasteiger partial charge in [-0.2, -0.15) is 4.31 Å². The number of sulfonamides is 1. The molecule has 0 amide bonds. The van der Waals surface area contributed by atoms with Crippen LogP contribution in [-0.2, 0) is 26.5 Å². The lowest BCUT2D eigenvalue weighted by molar-refractivity contribution is 0.143. The molecule has 1 aromatic carbocycles. The molecule has 0 aliphatic carbocycles. The number of aromatic nitrogens is 2. The lowest BCUT2D eigenvalue weighted by atomic mass is 10.1. The van der Waals surface area contributed by atoms with E-state index < -0.39 is 25.7 Å². The van der Waals surface area contributed by atoms with Crippen molar-refractivity contribution in [2.24, 2.45) is 0 Å². The molecule has 164 valence electrons. The van der Waals surface area contributed by atoms with Crippen LogP contribution in [0.25, 0.3) is 0 Å². The van der Waals surface area contributed by atoms with Crippen LogP contribution in [0.1, 0.15) is 18.2 Å². The number of piperazine rings is 1. The van der Waals surface area contributed by atoms with E-state index >= 15 is 0 Å². The van der Waals surface area contributed by atoms with Crippen LogP contribution in [0.5, 0.6) is 0 Å². The van der Waals surface area contributed by atoms with E-state index in [0.29, 0.717) is 32.1 Å². The van der Waals surface area contributed by atoms with E-state index in [1.54, 1.807) is 0 Å². The largest absolute Gasteiger partial charge is 0.414 e. The topological polar surface area (TPSA) is 106 Å². The van der Waals surface area contributed by atoms with E-state index in [-0.39, 0.29) is 40.2 Å². The molecule has 0 spiro atoms. The van der Waals surface area contributed by atoms with Crippen LogP contribution >= 0.6 is 12.2 Å². The molecule has 13 heteroatoms. The minimum atomic E-state index is -3.90. The van der Waals surface area contributed by atoms with Crippen LogP contribution in [0.15, 0.2) is 33.6 Å². The van der Waals surface area contributed by atoms with Crippen LogP contribution in [0.3, 0.4) is 0 Å². The smallest absolute Gasteiger partial charge is 0.288 e. The average Bonchev–Trinajstić information content (AvgIpc) is 3.24. The third-order valence-electron chi connectivity index (χ3n) is 5.32. The van der Waals surface area contributed by atoms with Gasteiger partial charge in [0.2, 0.25) is 15.9 Å². The molecule has 2 aliphatic rings. The van der Waals surface area contributed by atoms with Crippen LogP contribution in [0.2, 0.25) is 0 Å². The molecule has 3 heterocycles. The molecule has 0 radical (unpaired) electrons. The van der Waals surface area contributed by atoms with Gasteiger partial charge >= 0.3 is 0 Å². The highest BCUT2D eigenvalue weighted by Gasteiger charge is 2.33. The number of sulfone groups is 1. The van der Waals surface area contributed by atoms with E-state index in [1.807, 2.05) is 4.90 Å². The maximum atomic E-state index is 13.9. The first-order chi connectivity index (χ1) is 14.2. The second-order valence-corrected chi connectivity index (χ2v) is 11.9. The maximum Gasteiger partial charge on any atom is 0.288 e. The second kappa shape index (κ2) is 8.11. The lowest BCUT2D eigenvalue weighted by Crippen LogP contribution is -2.49. The van der Waals surface area contributed by atoms with Crippen LogP contribution in [0.4, 0.5) is 4.39 Å². The Morgan fingerprint density at radius 2 is 1.90 bits per heavy atom. The van der Waals surface area contributed by atoms with E-state index in [2.05, 4.69) is 5.10 Å². The zero-order valence-electron chi connectivity index (χ0n) is 16.0. The van der Waals surface area contributed by atoms with Gasteiger partial charge in [0.15, 0.2) is 9.84 Å². The van der Waals surface area contributed by atoms with Gasteiger partial charge in [0.05, 0.1) is 24.1 Å². The van der Waals surface area contributed by atoms with Crippen LogP contribution < -0.4 is 0 Å². The fourth-order valence-electron chi connectivity index (χ4n) is 3.66. The van der Waals surface area contributed by atoms with Crippen molar-refractivity contribution < 1.29 is 25.6 Å². The van der Waals surface area contributed by atoms with Gasteiger partial charge in [0, 0.05) is 26.2 Å². The van der Waals surface area contributed by atoms with Crippen molar-refractivity contribution in [1.29, 1.82) is 0 Å². The molecule has 4 rings (SSSR count). The molecule has 1 unspecified atom stereocenters. The quantitative estimate of drug-likeness (QED) is 0.593. The van der Waals surface area contributed by atoms with E-state index in [9.17, 15) is 21.2 Å². The first-order valence-corrected chi connectivity index (χ1v) is 13.1. The third kappa shape index (κ3) is 4.35. The van der Waals surface area contributed by atoms with Crippen molar-refractivity contribution in [3.05, 3.63) is 40.8 Å². The Balaban J connectivity index is 1.40. The number of benzene rings is 1. The Labute approximate surface area is 179 Å². The zero-order chi connectivity index (χ0) is 21.5. The molecule has 0 saturated carbocycles. The predicted octanol–water partition coefficient (Wildman–Crippen LogP) is 1.21. The van der Waals surface area contributed by atoms with Gasteiger partial charge < -0.3 is 4.42 Å². The summed E-state index contributed by atoms with van der Waals surface area (Å²) in [6.45, 7) is 1.53. The normalized spacial score (nSPS) is 23.0. The van der Waals surface area contributed by atoms with E-state index in [1.165, 1.54) is 27.2 Å². The summed E-state index contributed by atoms with van der Waals surface area (Å²) >= 11 is 5.20. The minimum absolute atomic E-state index is 0.00880. The zero-order valence-corrected chi connectivity index (χ0v) is 18.4. The van der Waals surface area contributed by atoms with Gasteiger partial charge in [-0.3, -0.25) is 4.90 Å². The predicted molar refractivity (Wildman–Crippen MR) is 108 cm³/mol. The Kier molecular flexibility index (Phi) is 5.83. The summed E-state index contributed by atoms with van der Waals surface area (Å²) in [4.78, 5) is 1.78. The third-order valence-corrected chi connectivity index (χ3v) is 9.32. The summed E-state index contributed by atoms with van der Waals surface area (Å²) in [5.41, 5.74) is 0. The summed E-state index contributed by atoms with van der Waals surface area (Å²) in [7, 11) is -6.97. The van der Waals surface area contributed by atoms with E-state index in [4.69, 9.17) is 16.6 Å². The van der Waals surface area contributed by atoms with Crippen LogP contribution in [0, 0.1) is 10.7 Å². The number of halogens is 1. The Morgan fingerprint density at radius 1 is 1.20 bits per heavy atom. The van der Waals surface area contributed by atoms with Crippen molar-refractivity contribution in [3.8, 4) is 0 Å². The molecule has 2 aromatic rings. The molecule has 1 aromatic heterocycles. The molecule has 2 fully saturated rings. The molecular weight excluding hydrogens is 455 g/mol. The standard InChI is InChI=1S/C17H21FN4O5S3/c18-14-3-1-2-4-15(14)30(25,26)21-8-6-20(7-9-21)12-22-17(28)27-16(19-22)13-5-10-29(23,24)11-13/h1-4,13H,5-12H2. The lowest BCUT2D eigenvalue weighted by Gasteiger charge is -2.33. The van der Waals surface area contributed by atoms with Gasteiger partial charge in [-0.1, -0.05) is 12.1 Å². The fourth-order valence-corrected chi connectivity index (χ4v) is 7.06. The van der Waals surface area contributed by atoms with Crippen molar-refractivity contribution in [3.63, 3.8) is 0 Å². The Hall–Kier alpha value is -1.67. The second-order valence-electron chi connectivity index (χ2n) is 7.40. The highest BCUT2D eigenvalue weighted by Crippen LogP contribution is 2.28. The van der Waals surface area contributed by atoms with Gasteiger partial charge in [0.25, 0.3) is 4.84 Å². The monoisotopic (exact) mass is 476 g/mol. The first kappa shape index (κ1) is 21.6. The molecule has 1 atom stereocenters. The molecule has 9 nitrogen and oxygen atoms in total. The molecule has 30 heavy (non-hydrogen) atoms. The SMILES string of the molecule is O=S1(=O)CCC(c2nn(CN3CCN(S(=O)(=O)c4ccccc4F)CC3)c(=S)o2)C1. The van der Waals surface area contributed by atoms with Crippen molar-refractivity contribution in [2.75, 3.05) is 37.7 Å². The summed E-state index contributed by atoms with van der Waals surface area (Å²) in [5, 5.41) is 4.34. The van der Waals surface area contributed by atoms with Gasteiger partial charge in [-0.05, 0) is 30.8 Å². The number of hydrogen-bond donors (Lipinski definition) is 0. The number of hydrogen-bond acceptors (Lipinski definition) is 8. The van der Waals surface area contributed by atoms with Crippen LogP contribution in [-0.4, -0.2) is 73.5 Å². The number of nitrogens with zero attached hydrogens (tertiary/aromatic N) is 4. The maximum absolute atomic E-state index is 13.9. The fraction of sp³-hybridized carbons (Fsp3) is 0.529. The molecule has 0 N–H and O–H groups in total. The van der Waals surface area contributed by atoms with Gasteiger partial charge in [0.1, 0.15) is 10.7 Å². The molecule has 2 aliphatic heterocycles. The molecule has 2 saturated heterocycles. The Bertz CT molecular complexity index is 1200. The Morgan fingerprint density at radius 3 is 2.53 bits per heavy atom. The highest BCUT2D eigenvalue weighted by atomic mass is 32.2. The molecule has 0 bridgehead atoms. The summed E-state index contributed by atoms with van der Waals surface area (Å²) in [6.07, 6.45) is 0.462. The summed E-state index contributed by atoms with van der Waals surface area (Å²) < 4.78 is 70.9. The van der Waals surface area contributed by atoms with E-state index in [0.717, 1.165) is 6.07 Å². The minimum Gasteiger partial charge on any atom is -0.414 e. The van der Waals surface area contributed by atoms with Crippen molar-refractivity contribution >= 4 is 32.1 Å². The summed E-state index contributed by atoms with van der Waals surface area (Å²) in [6, 6.07) is 5.33. The average molecular weight is 477 g/mol. The van der Waals surface area contributed by atoms with Crippen molar-refractivity contribution in [2.45, 2.75) is 23.9 Å².